The van der Waals surface area contributed by atoms with Crippen LogP contribution in [0.15, 0.2) is 24.3 Å². The lowest BCUT2D eigenvalue weighted by atomic mass is 10.1. The minimum absolute atomic E-state index is 0.169. The van der Waals surface area contributed by atoms with Crippen molar-refractivity contribution in [2.24, 2.45) is 5.73 Å². The number of halogens is 2. The first-order chi connectivity index (χ1) is 8.11. The molecule has 0 atom stereocenters. The Labute approximate surface area is 102 Å². The molecule has 0 fully saturated rings. The van der Waals surface area contributed by atoms with Gasteiger partial charge in [-0.1, -0.05) is 11.6 Å². The van der Waals surface area contributed by atoms with Crippen LogP contribution < -0.4 is 11.5 Å². The molecule has 0 bridgehead atoms. The van der Waals surface area contributed by atoms with Crippen molar-refractivity contribution >= 4 is 17.4 Å². The van der Waals surface area contributed by atoms with E-state index < -0.39 is 0 Å². The van der Waals surface area contributed by atoms with Crippen LogP contribution in [0.4, 0.5) is 10.2 Å². The molecule has 2 rings (SSSR count). The van der Waals surface area contributed by atoms with Crippen molar-refractivity contribution in [3.8, 4) is 11.3 Å². The van der Waals surface area contributed by atoms with Crippen molar-refractivity contribution < 1.29 is 4.39 Å². The minimum Gasteiger partial charge on any atom is -0.382 e. The predicted octanol–water partition coefficient (Wildman–Crippen LogP) is 1.98. The first-order valence-electron chi connectivity index (χ1n) is 4.89. The molecule has 2 aromatic rings. The van der Waals surface area contributed by atoms with Gasteiger partial charge in [-0.2, -0.15) is 0 Å². The van der Waals surface area contributed by atoms with Crippen LogP contribution >= 0.6 is 11.6 Å². The molecule has 0 unspecified atom stereocenters. The van der Waals surface area contributed by atoms with E-state index >= 15 is 0 Å². The summed E-state index contributed by atoms with van der Waals surface area (Å²) in [6.07, 6.45) is 0. The third kappa shape index (κ3) is 2.35. The minimum atomic E-state index is -0.329. The molecule has 6 heteroatoms. The van der Waals surface area contributed by atoms with E-state index in [1.807, 2.05) is 0 Å². The summed E-state index contributed by atoms with van der Waals surface area (Å²) in [5.74, 6) is -0.0967. The second-order valence-electron chi connectivity index (χ2n) is 3.41. The van der Waals surface area contributed by atoms with E-state index in [1.54, 1.807) is 12.1 Å². The highest BCUT2D eigenvalue weighted by molar-refractivity contribution is 6.31. The van der Waals surface area contributed by atoms with Crippen molar-refractivity contribution in [3.63, 3.8) is 0 Å². The maximum atomic E-state index is 12.8. The molecule has 4 nitrogen and oxygen atoms in total. The third-order valence-electron chi connectivity index (χ3n) is 2.27. The van der Waals surface area contributed by atoms with Gasteiger partial charge in [0.15, 0.2) is 5.15 Å². The molecular formula is C11H10ClFN4. The molecule has 4 N–H and O–H groups in total. The molecule has 0 aliphatic heterocycles. The van der Waals surface area contributed by atoms with E-state index in [0.29, 0.717) is 17.0 Å². The second kappa shape index (κ2) is 4.65. The molecule has 1 aromatic carbocycles. The lowest BCUT2D eigenvalue weighted by molar-refractivity contribution is 0.628. The molecule has 0 amide bonds. The second-order valence-corrected chi connectivity index (χ2v) is 3.76. The third-order valence-corrected chi connectivity index (χ3v) is 2.53. The van der Waals surface area contributed by atoms with Crippen molar-refractivity contribution in [2.45, 2.75) is 6.54 Å². The van der Waals surface area contributed by atoms with Gasteiger partial charge in [-0.3, -0.25) is 0 Å². The molecule has 0 aliphatic rings. The number of nitrogen functional groups attached to an aromatic ring is 1. The Kier molecular flexibility index (Phi) is 3.21. The summed E-state index contributed by atoms with van der Waals surface area (Å²) in [6, 6.07) is 5.76. The summed E-state index contributed by atoms with van der Waals surface area (Å²) in [7, 11) is 0. The zero-order valence-electron chi connectivity index (χ0n) is 8.82. The maximum Gasteiger partial charge on any atom is 0.155 e. The van der Waals surface area contributed by atoms with Gasteiger partial charge in [-0.25, -0.2) is 14.4 Å². The molecule has 0 saturated heterocycles. The van der Waals surface area contributed by atoms with E-state index in [0.717, 1.165) is 0 Å². The fraction of sp³-hybridized carbons (Fsp3) is 0.0909. The monoisotopic (exact) mass is 252 g/mol. The van der Waals surface area contributed by atoms with Gasteiger partial charge >= 0.3 is 0 Å². The molecule has 1 heterocycles. The van der Waals surface area contributed by atoms with Gasteiger partial charge in [0.05, 0.1) is 5.69 Å². The SMILES string of the molecule is NCc1nc(Cl)c(-c2ccc(F)cc2)nc1N. The number of rotatable bonds is 2. The number of hydrogen-bond donors (Lipinski definition) is 2. The number of aromatic nitrogens is 2. The van der Waals surface area contributed by atoms with Gasteiger partial charge in [0.25, 0.3) is 0 Å². The molecule has 1 aromatic heterocycles. The highest BCUT2D eigenvalue weighted by Gasteiger charge is 2.11. The average molecular weight is 253 g/mol. The first kappa shape index (κ1) is 11.8. The van der Waals surface area contributed by atoms with Crippen LogP contribution in [0.5, 0.6) is 0 Å². The summed E-state index contributed by atoms with van der Waals surface area (Å²) in [4.78, 5) is 8.17. The zero-order chi connectivity index (χ0) is 12.4. The molecule has 88 valence electrons. The Balaban J connectivity index is 2.52. The first-order valence-corrected chi connectivity index (χ1v) is 5.27. The van der Waals surface area contributed by atoms with Crippen LogP contribution in [-0.2, 0) is 6.54 Å². The highest BCUT2D eigenvalue weighted by Crippen LogP contribution is 2.26. The summed E-state index contributed by atoms with van der Waals surface area (Å²) in [5, 5.41) is 0.200. The summed E-state index contributed by atoms with van der Waals surface area (Å²) in [5.41, 5.74) is 12.6. The molecular weight excluding hydrogens is 243 g/mol. The highest BCUT2D eigenvalue weighted by atomic mass is 35.5. The van der Waals surface area contributed by atoms with Crippen molar-refractivity contribution in [1.82, 2.24) is 9.97 Å². The van der Waals surface area contributed by atoms with Gasteiger partial charge in [0, 0.05) is 12.1 Å². The molecule has 0 spiro atoms. The number of anilines is 1. The molecule has 17 heavy (non-hydrogen) atoms. The van der Waals surface area contributed by atoms with E-state index in [9.17, 15) is 4.39 Å². The van der Waals surface area contributed by atoms with Gasteiger partial charge in [0.2, 0.25) is 0 Å². The summed E-state index contributed by atoms with van der Waals surface area (Å²) >= 11 is 5.98. The van der Waals surface area contributed by atoms with Crippen LogP contribution in [0, 0.1) is 5.82 Å². The normalized spacial score (nSPS) is 10.5. The molecule has 0 saturated carbocycles. The van der Waals surface area contributed by atoms with Gasteiger partial charge in [0.1, 0.15) is 17.3 Å². The van der Waals surface area contributed by atoms with Gasteiger partial charge < -0.3 is 11.5 Å². The maximum absolute atomic E-state index is 12.8. The summed E-state index contributed by atoms with van der Waals surface area (Å²) in [6.45, 7) is 0.169. The van der Waals surface area contributed by atoms with Crippen molar-refractivity contribution in [1.29, 1.82) is 0 Å². The predicted molar refractivity (Wildman–Crippen MR) is 64.7 cm³/mol. The summed E-state index contributed by atoms with van der Waals surface area (Å²) < 4.78 is 12.8. The Bertz CT molecular complexity index is 542. The van der Waals surface area contributed by atoms with Crippen LogP contribution in [0.3, 0.4) is 0 Å². The van der Waals surface area contributed by atoms with Crippen LogP contribution in [-0.4, -0.2) is 9.97 Å². The topological polar surface area (TPSA) is 77.8 Å². The largest absolute Gasteiger partial charge is 0.382 e. The average Bonchev–Trinajstić information content (AvgIpc) is 2.33. The van der Waals surface area contributed by atoms with Crippen molar-refractivity contribution in [3.05, 3.63) is 40.9 Å². The number of nitrogens with zero attached hydrogens (tertiary/aromatic N) is 2. The number of hydrogen-bond acceptors (Lipinski definition) is 4. The fourth-order valence-corrected chi connectivity index (χ4v) is 1.65. The lowest BCUT2D eigenvalue weighted by Gasteiger charge is -2.07. The molecule has 0 radical (unpaired) electrons. The Hall–Kier alpha value is -1.72. The van der Waals surface area contributed by atoms with Crippen LogP contribution in [0.25, 0.3) is 11.3 Å². The van der Waals surface area contributed by atoms with E-state index in [2.05, 4.69) is 9.97 Å². The van der Waals surface area contributed by atoms with Crippen LogP contribution in [0.1, 0.15) is 5.69 Å². The number of benzene rings is 1. The fourth-order valence-electron chi connectivity index (χ4n) is 1.40. The number of nitrogens with two attached hydrogens (primary N) is 2. The quantitative estimate of drug-likeness (QED) is 0.857. The standard InChI is InChI=1S/C11H10ClFN4/c12-10-9(6-1-3-7(13)4-2-6)17-11(15)8(5-14)16-10/h1-4H,5,14H2,(H2,15,17). The van der Waals surface area contributed by atoms with E-state index in [1.165, 1.54) is 12.1 Å². The Morgan fingerprint density at radius 2 is 1.82 bits per heavy atom. The smallest absolute Gasteiger partial charge is 0.155 e. The lowest BCUT2D eigenvalue weighted by Crippen LogP contribution is -2.07. The van der Waals surface area contributed by atoms with Gasteiger partial charge in [-0.15, -0.1) is 0 Å². The van der Waals surface area contributed by atoms with Gasteiger partial charge in [-0.05, 0) is 24.3 Å². The van der Waals surface area contributed by atoms with E-state index in [4.69, 9.17) is 23.1 Å². The van der Waals surface area contributed by atoms with Crippen LogP contribution in [0.2, 0.25) is 5.15 Å². The Morgan fingerprint density at radius 1 is 1.18 bits per heavy atom. The molecule has 0 aliphatic carbocycles. The van der Waals surface area contributed by atoms with Crippen molar-refractivity contribution in [2.75, 3.05) is 5.73 Å². The van der Waals surface area contributed by atoms with E-state index in [-0.39, 0.29) is 23.3 Å². The zero-order valence-corrected chi connectivity index (χ0v) is 9.58. The Morgan fingerprint density at radius 3 is 2.41 bits per heavy atom.